The van der Waals surface area contributed by atoms with Gasteiger partial charge in [-0.2, -0.15) is 0 Å². The minimum absolute atomic E-state index is 0.0141. The third kappa shape index (κ3) is 6.33. The number of rotatable bonds is 9. The SMILES string of the molecule is CC(=O)CC1C(=O)C2(C)C(O)CC3OCC3(OC(C)=O)C2CC2(O)CC(OC(=O)C(O)C(NC(=O)c3ccccc3)c3ccccc3)C(C)=C1C2(C)C. The quantitative estimate of drug-likeness (QED) is 0.218. The second-order valence-electron chi connectivity index (χ2n) is 16.0. The van der Waals surface area contributed by atoms with E-state index in [1.54, 1.807) is 88.4 Å². The fourth-order valence-electron chi connectivity index (χ4n) is 9.60. The van der Waals surface area contributed by atoms with Gasteiger partial charge in [-0.05, 0) is 56.0 Å². The second-order valence-corrected chi connectivity index (χ2v) is 16.0. The molecule has 1 saturated heterocycles. The largest absolute Gasteiger partial charge is 0.456 e. The van der Waals surface area contributed by atoms with Crippen molar-refractivity contribution in [3.05, 3.63) is 82.9 Å². The molecular formula is C41H49NO11. The Hall–Kier alpha value is -4.23. The van der Waals surface area contributed by atoms with Crippen LogP contribution in [-0.4, -0.2) is 87.0 Å². The predicted molar refractivity (Wildman–Crippen MR) is 190 cm³/mol. The van der Waals surface area contributed by atoms with Crippen LogP contribution in [0.3, 0.4) is 0 Å². The fraction of sp³-hybridized carbons (Fsp3) is 0.537. The molecule has 284 valence electrons. The third-order valence-corrected chi connectivity index (χ3v) is 12.6. The molecule has 0 spiro atoms. The maximum atomic E-state index is 15.0. The van der Waals surface area contributed by atoms with E-state index in [4.69, 9.17) is 14.2 Å². The average molecular weight is 732 g/mol. The zero-order valence-corrected chi connectivity index (χ0v) is 31.0. The molecule has 4 aliphatic rings. The number of hydrogen-bond acceptors (Lipinski definition) is 11. The van der Waals surface area contributed by atoms with Crippen molar-refractivity contribution in [3.8, 4) is 0 Å². The topological polar surface area (TPSA) is 186 Å². The highest BCUT2D eigenvalue weighted by atomic mass is 16.6. The normalized spacial score (nSPS) is 34.1. The molecule has 53 heavy (non-hydrogen) atoms. The lowest BCUT2D eigenvalue weighted by Gasteiger charge is -2.66. The number of carbonyl (C=O) groups excluding carboxylic acids is 5. The van der Waals surface area contributed by atoms with Crippen molar-refractivity contribution in [3.63, 3.8) is 0 Å². The summed E-state index contributed by atoms with van der Waals surface area (Å²) in [5, 5.41) is 39.0. The van der Waals surface area contributed by atoms with Crippen molar-refractivity contribution in [1.82, 2.24) is 5.32 Å². The standard InChI is InChI=1S/C41H49NO11/c1-22(43)17-27-32-23(2)28(52-37(49)34(46)33(25-13-9-7-10-14-25)42-36(48)26-15-11-8-12-16-26)19-40(50,38(32,4)5)20-29-39(6,35(27)47)30(45)18-31-41(29,21-51-31)53-24(3)44/h7-16,27-31,33-34,45-46,50H,17-21H2,1-6H3,(H,42,48). The monoisotopic (exact) mass is 731 g/mol. The summed E-state index contributed by atoms with van der Waals surface area (Å²) in [5.74, 6) is -5.02. The van der Waals surface area contributed by atoms with E-state index >= 15 is 4.79 Å². The Bertz CT molecular complexity index is 1820. The molecule has 1 aliphatic heterocycles. The number of hydrogen-bond donors (Lipinski definition) is 4. The number of aliphatic hydroxyl groups is 3. The Morgan fingerprint density at radius 3 is 2.17 bits per heavy atom. The van der Waals surface area contributed by atoms with E-state index in [0.717, 1.165) is 0 Å². The van der Waals surface area contributed by atoms with Crippen LogP contribution in [-0.2, 0) is 33.4 Å². The van der Waals surface area contributed by atoms with Crippen molar-refractivity contribution < 1.29 is 53.5 Å². The van der Waals surface area contributed by atoms with Gasteiger partial charge in [-0.15, -0.1) is 0 Å². The van der Waals surface area contributed by atoms with Crippen molar-refractivity contribution in [2.24, 2.45) is 22.7 Å². The first kappa shape index (κ1) is 38.5. The first-order valence-electron chi connectivity index (χ1n) is 18.1. The predicted octanol–water partition coefficient (Wildman–Crippen LogP) is 3.56. The molecule has 0 radical (unpaired) electrons. The van der Waals surface area contributed by atoms with Gasteiger partial charge in [0.15, 0.2) is 11.7 Å². The molecule has 0 aromatic heterocycles. The molecule has 12 nitrogen and oxygen atoms in total. The molecule has 4 N–H and O–H groups in total. The minimum atomic E-state index is -1.89. The van der Waals surface area contributed by atoms with E-state index < -0.39 is 88.0 Å². The molecule has 1 heterocycles. The van der Waals surface area contributed by atoms with E-state index in [2.05, 4.69) is 5.32 Å². The van der Waals surface area contributed by atoms with Crippen molar-refractivity contribution in [2.75, 3.05) is 6.61 Å². The molecule has 3 fully saturated rings. The molecule has 12 heteroatoms. The summed E-state index contributed by atoms with van der Waals surface area (Å²) in [6.07, 6.45) is -5.56. The van der Waals surface area contributed by atoms with Gasteiger partial charge in [-0.25, -0.2) is 4.79 Å². The number of Topliss-reactive ketones (excluding diaryl/α,β-unsaturated/α-hetero) is 2. The molecule has 10 unspecified atom stereocenters. The molecular weight excluding hydrogens is 682 g/mol. The van der Waals surface area contributed by atoms with Crippen LogP contribution in [0.2, 0.25) is 0 Å². The van der Waals surface area contributed by atoms with Gasteiger partial charge in [0.2, 0.25) is 0 Å². The maximum absolute atomic E-state index is 15.0. The Kier molecular flexibility index (Phi) is 10.1. The highest BCUT2D eigenvalue weighted by Gasteiger charge is 2.73. The van der Waals surface area contributed by atoms with E-state index in [1.807, 2.05) is 0 Å². The Morgan fingerprint density at radius 1 is 0.981 bits per heavy atom. The number of amides is 1. The summed E-state index contributed by atoms with van der Waals surface area (Å²) in [7, 11) is 0. The number of ether oxygens (including phenoxy) is 3. The summed E-state index contributed by atoms with van der Waals surface area (Å²) in [6.45, 7) is 9.42. The van der Waals surface area contributed by atoms with Crippen LogP contribution in [0.5, 0.6) is 0 Å². The van der Waals surface area contributed by atoms with Gasteiger partial charge < -0.3 is 34.8 Å². The molecule has 2 bridgehead atoms. The number of benzene rings is 2. The smallest absolute Gasteiger partial charge is 0.338 e. The van der Waals surface area contributed by atoms with Gasteiger partial charge in [0, 0.05) is 49.0 Å². The first-order valence-corrected chi connectivity index (χ1v) is 18.1. The lowest BCUT2D eigenvalue weighted by atomic mass is 9.44. The summed E-state index contributed by atoms with van der Waals surface area (Å²) in [4.78, 5) is 67.8. The van der Waals surface area contributed by atoms with Gasteiger partial charge in [-0.1, -0.05) is 62.4 Å². The van der Waals surface area contributed by atoms with Crippen molar-refractivity contribution >= 4 is 29.4 Å². The van der Waals surface area contributed by atoms with Gasteiger partial charge in [0.1, 0.15) is 23.8 Å². The number of nitrogens with one attached hydrogen (secondary N) is 1. The van der Waals surface area contributed by atoms with Gasteiger partial charge in [0.05, 0.1) is 29.8 Å². The van der Waals surface area contributed by atoms with Gasteiger partial charge in [-0.3, -0.25) is 19.2 Å². The molecule has 10 atom stereocenters. The van der Waals surface area contributed by atoms with Crippen LogP contribution in [0, 0.1) is 22.7 Å². The number of carbonyl (C=O) groups is 5. The molecule has 1 amide bonds. The van der Waals surface area contributed by atoms with E-state index in [9.17, 15) is 34.5 Å². The van der Waals surface area contributed by atoms with Crippen LogP contribution < -0.4 is 5.32 Å². The van der Waals surface area contributed by atoms with Crippen LogP contribution in [0.1, 0.15) is 89.2 Å². The molecule has 2 saturated carbocycles. The zero-order valence-electron chi connectivity index (χ0n) is 31.0. The lowest BCUT2D eigenvalue weighted by Crippen LogP contribution is -2.77. The molecule has 2 aromatic rings. The van der Waals surface area contributed by atoms with Gasteiger partial charge >= 0.3 is 11.9 Å². The summed E-state index contributed by atoms with van der Waals surface area (Å²) in [6, 6.07) is 15.6. The Labute approximate surface area is 308 Å². The first-order chi connectivity index (χ1) is 24.9. The van der Waals surface area contributed by atoms with Crippen LogP contribution in [0.15, 0.2) is 71.8 Å². The van der Waals surface area contributed by atoms with Crippen molar-refractivity contribution in [1.29, 1.82) is 0 Å². The molecule has 3 aliphatic carbocycles. The number of fused-ring (bicyclic) bond motifs is 5. The van der Waals surface area contributed by atoms with Crippen LogP contribution in [0.25, 0.3) is 0 Å². The summed E-state index contributed by atoms with van der Waals surface area (Å²) < 4.78 is 17.8. The van der Waals surface area contributed by atoms with Gasteiger partial charge in [0.25, 0.3) is 5.91 Å². The van der Waals surface area contributed by atoms with Crippen LogP contribution in [0.4, 0.5) is 0 Å². The Balaban J connectivity index is 1.41. The van der Waals surface area contributed by atoms with E-state index in [1.165, 1.54) is 13.8 Å². The maximum Gasteiger partial charge on any atom is 0.338 e. The third-order valence-electron chi connectivity index (χ3n) is 12.6. The lowest BCUT2D eigenvalue weighted by molar-refractivity contribution is -0.327. The molecule has 6 rings (SSSR count). The van der Waals surface area contributed by atoms with E-state index in [0.29, 0.717) is 22.3 Å². The number of esters is 2. The highest BCUT2D eigenvalue weighted by Crippen LogP contribution is 2.64. The zero-order chi connectivity index (χ0) is 38.7. The summed E-state index contributed by atoms with van der Waals surface area (Å²) >= 11 is 0. The fourth-order valence-corrected chi connectivity index (χ4v) is 9.60. The Morgan fingerprint density at radius 2 is 1.60 bits per heavy atom. The van der Waals surface area contributed by atoms with Crippen LogP contribution >= 0.6 is 0 Å². The van der Waals surface area contributed by atoms with Crippen molar-refractivity contribution in [2.45, 2.75) is 109 Å². The highest BCUT2D eigenvalue weighted by molar-refractivity contribution is 5.96. The summed E-state index contributed by atoms with van der Waals surface area (Å²) in [5.41, 5.74) is -4.19. The number of aliphatic hydroxyl groups excluding tert-OH is 2. The van der Waals surface area contributed by atoms with E-state index in [-0.39, 0.29) is 38.1 Å². The molecule has 2 aromatic carbocycles. The average Bonchev–Trinajstić information content (AvgIpc) is 3.10. The number of ketones is 2. The second kappa shape index (κ2) is 13.9. The minimum Gasteiger partial charge on any atom is -0.456 e.